The third kappa shape index (κ3) is 19.1. The van der Waals surface area contributed by atoms with Gasteiger partial charge in [0.15, 0.2) is 0 Å². The van der Waals surface area contributed by atoms with Gasteiger partial charge in [0.05, 0.1) is 13.2 Å². The molecule has 0 aliphatic carbocycles. The summed E-state index contributed by atoms with van der Waals surface area (Å²) in [6, 6.07) is 0.625. The third-order valence-electron chi connectivity index (χ3n) is 2.69. The first kappa shape index (κ1) is 21.1. The maximum Gasteiger partial charge on any atom is 0.294 e. The molecule has 7 heteroatoms. The topological polar surface area (TPSA) is 81.9 Å². The highest BCUT2D eigenvalue weighted by Crippen LogP contribution is 1.97. The van der Waals surface area contributed by atoms with Crippen LogP contribution in [0.5, 0.6) is 0 Å². The zero-order chi connectivity index (χ0) is 15.8. The van der Waals surface area contributed by atoms with Crippen molar-refractivity contribution >= 4 is 6.29 Å². The molecular weight excluding hydrogens is 264 g/mol. The summed E-state index contributed by atoms with van der Waals surface area (Å²) in [6.45, 7) is 6.33. The quantitative estimate of drug-likeness (QED) is 0.250. The fourth-order valence-corrected chi connectivity index (χ4v) is 1.14. The second kappa shape index (κ2) is 15.8. The molecule has 0 aliphatic heterocycles. The van der Waals surface area contributed by atoms with Crippen LogP contribution in [-0.2, 0) is 14.4 Å². The summed E-state index contributed by atoms with van der Waals surface area (Å²) >= 11 is 0. The lowest BCUT2D eigenvalue weighted by Gasteiger charge is -2.19. The van der Waals surface area contributed by atoms with Crippen molar-refractivity contribution < 1.29 is 19.5 Å². The SMILES string of the molecule is COCCN(C)C(C)C.O=CCCCCCO[N+](=O)[O-]. The Labute approximate surface area is 121 Å². The minimum absolute atomic E-state index is 0.131. The van der Waals surface area contributed by atoms with Crippen LogP contribution in [0.3, 0.4) is 0 Å². The predicted molar refractivity (Wildman–Crippen MR) is 77.1 cm³/mol. The molecule has 0 rings (SSSR count). The molecule has 0 atom stereocenters. The molecule has 0 aromatic carbocycles. The minimum atomic E-state index is -0.806. The van der Waals surface area contributed by atoms with Gasteiger partial charge >= 0.3 is 0 Å². The summed E-state index contributed by atoms with van der Waals surface area (Å²) in [5, 5.41) is 8.81. The lowest BCUT2D eigenvalue weighted by atomic mass is 10.2. The van der Waals surface area contributed by atoms with Crippen LogP contribution < -0.4 is 0 Å². The highest BCUT2D eigenvalue weighted by Gasteiger charge is 2.00. The molecule has 7 nitrogen and oxygen atoms in total. The van der Waals surface area contributed by atoms with Crippen LogP contribution in [0.15, 0.2) is 0 Å². The highest BCUT2D eigenvalue weighted by molar-refractivity contribution is 5.48. The fourth-order valence-electron chi connectivity index (χ4n) is 1.14. The highest BCUT2D eigenvalue weighted by atomic mass is 16.9. The number of likely N-dealkylation sites (N-methyl/N-ethyl adjacent to an activating group) is 1. The van der Waals surface area contributed by atoms with Crippen LogP contribution in [-0.4, -0.2) is 56.2 Å². The van der Waals surface area contributed by atoms with Gasteiger partial charge in [-0.15, -0.1) is 10.1 Å². The predicted octanol–water partition coefficient (Wildman–Crippen LogP) is 1.93. The van der Waals surface area contributed by atoms with Crippen molar-refractivity contribution in [2.24, 2.45) is 0 Å². The number of carbonyl (C=O) groups is 1. The van der Waals surface area contributed by atoms with E-state index in [-0.39, 0.29) is 6.61 Å². The number of carbonyl (C=O) groups excluding carboxylic acids is 1. The summed E-state index contributed by atoms with van der Waals surface area (Å²) in [5.41, 5.74) is 0. The van der Waals surface area contributed by atoms with Crippen molar-refractivity contribution in [3.05, 3.63) is 10.1 Å². The van der Waals surface area contributed by atoms with E-state index in [0.717, 1.165) is 32.3 Å². The van der Waals surface area contributed by atoms with Gasteiger partial charge in [-0.05, 0) is 33.7 Å². The van der Waals surface area contributed by atoms with E-state index in [0.29, 0.717) is 18.9 Å². The number of rotatable bonds is 11. The zero-order valence-electron chi connectivity index (χ0n) is 13.0. The first-order chi connectivity index (χ1) is 9.45. The molecule has 0 heterocycles. The molecule has 0 radical (unpaired) electrons. The molecule has 0 spiro atoms. The summed E-state index contributed by atoms with van der Waals surface area (Å²) in [4.78, 5) is 25.7. The Morgan fingerprint density at radius 1 is 1.25 bits per heavy atom. The molecular formula is C13H28N2O5. The van der Waals surface area contributed by atoms with E-state index in [9.17, 15) is 14.9 Å². The van der Waals surface area contributed by atoms with Crippen molar-refractivity contribution in [3.63, 3.8) is 0 Å². The van der Waals surface area contributed by atoms with Gasteiger partial charge in [0.1, 0.15) is 6.29 Å². The first-order valence-corrected chi connectivity index (χ1v) is 6.85. The first-order valence-electron chi connectivity index (χ1n) is 6.85. The molecule has 0 aromatic rings. The molecule has 120 valence electrons. The number of aldehydes is 1. The van der Waals surface area contributed by atoms with Gasteiger partial charge < -0.3 is 19.3 Å². The minimum Gasteiger partial charge on any atom is -0.383 e. The summed E-state index contributed by atoms with van der Waals surface area (Å²) < 4.78 is 4.92. The smallest absolute Gasteiger partial charge is 0.294 e. The van der Waals surface area contributed by atoms with Crippen molar-refractivity contribution in [2.75, 3.05) is 33.9 Å². The van der Waals surface area contributed by atoms with Gasteiger partial charge in [0.25, 0.3) is 5.09 Å². The monoisotopic (exact) mass is 292 g/mol. The Kier molecular flexibility index (Phi) is 16.7. The number of nitrogens with zero attached hydrogens (tertiary/aromatic N) is 2. The molecule has 0 N–H and O–H groups in total. The van der Waals surface area contributed by atoms with E-state index in [4.69, 9.17) is 4.74 Å². The second-order valence-electron chi connectivity index (χ2n) is 4.64. The Morgan fingerprint density at radius 2 is 1.90 bits per heavy atom. The van der Waals surface area contributed by atoms with E-state index in [1.807, 2.05) is 0 Å². The third-order valence-corrected chi connectivity index (χ3v) is 2.69. The van der Waals surface area contributed by atoms with Gasteiger partial charge in [0.2, 0.25) is 0 Å². The Bertz CT molecular complexity index is 237. The van der Waals surface area contributed by atoms with Crippen molar-refractivity contribution in [1.82, 2.24) is 4.90 Å². The van der Waals surface area contributed by atoms with Crippen LogP contribution >= 0.6 is 0 Å². The Morgan fingerprint density at radius 3 is 2.35 bits per heavy atom. The average Bonchev–Trinajstić information content (AvgIpc) is 2.40. The van der Waals surface area contributed by atoms with Crippen molar-refractivity contribution in [1.29, 1.82) is 0 Å². The number of unbranched alkanes of at least 4 members (excludes halogenated alkanes) is 3. The lowest BCUT2D eigenvalue weighted by molar-refractivity contribution is -0.757. The van der Waals surface area contributed by atoms with E-state index in [1.54, 1.807) is 7.11 Å². The largest absolute Gasteiger partial charge is 0.383 e. The normalized spacial score (nSPS) is 10.1. The van der Waals surface area contributed by atoms with Gasteiger partial charge in [-0.2, -0.15) is 0 Å². The van der Waals surface area contributed by atoms with Gasteiger partial charge in [-0.25, -0.2) is 0 Å². The molecule has 0 aromatic heterocycles. The fraction of sp³-hybridized carbons (Fsp3) is 0.923. The van der Waals surface area contributed by atoms with Gasteiger partial charge in [-0.3, -0.25) is 0 Å². The van der Waals surface area contributed by atoms with Gasteiger partial charge in [0, 0.05) is 26.1 Å². The standard InChI is InChI=1S/C7H17NO.C6H11NO4/c1-7(2)8(3)5-6-9-4;8-5-3-1-2-4-6-11-7(9)10/h7H,5-6H2,1-4H3;5H,1-4,6H2. The van der Waals surface area contributed by atoms with Crippen LogP contribution in [0.25, 0.3) is 0 Å². The van der Waals surface area contributed by atoms with Gasteiger partial charge in [-0.1, -0.05) is 6.42 Å². The molecule has 0 aliphatic rings. The molecule has 0 unspecified atom stereocenters. The van der Waals surface area contributed by atoms with Crippen molar-refractivity contribution in [2.45, 2.75) is 45.6 Å². The van der Waals surface area contributed by atoms with Crippen LogP contribution in [0.2, 0.25) is 0 Å². The average molecular weight is 292 g/mol. The second-order valence-corrected chi connectivity index (χ2v) is 4.64. The molecule has 0 bridgehead atoms. The van der Waals surface area contributed by atoms with Crippen LogP contribution in [0.1, 0.15) is 39.5 Å². The summed E-state index contributed by atoms with van der Waals surface area (Å²) in [6.07, 6.45) is 3.58. The Balaban J connectivity index is 0. The van der Waals surface area contributed by atoms with E-state index >= 15 is 0 Å². The molecule has 0 saturated heterocycles. The number of methoxy groups -OCH3 is 1. The number of ether oxygens (including phenoxy) is 1. The summed E-state index contributed by atoms with van der Waals surface area (Å²) in [7, 11) is 3.83. The molecule has 20 heavy (non-hydrogen) atoms. The Hall–Kier alpha value is -1.21. The lowest BCUT2D eigenvalue weighted by Crippen LogP contribution is -2.29. The number of hydrogen-bond donors (Lipinski definition) is 0. The maximum absolute atomic E-state index is 9.81. The van der Waals surface area contributed by atoms with Crippen LogP contribution in [0.4, 0.5) is 0 Å². The molecule has 0 fully saturated rings. The zero-order valence-corrected chi connectivity index (χ0v) is 13.0. The summed E-state index contributed by atoms with van der Waals surface area (Å²) in [5.74, 6) is 0. The maximum atomic E-state index is 9.81. The van der Waals surface area contributed by atoms with E-state index in [2.05, 4.69) is 30.6 Å². The van der Waals surface area contributed by atoms with E-state index < -0.39 is 5.09 Å². The molecule has 0 amide bonds. The van der Waals surface area contributed by atoms with E-state index in [1.165, 1.54) is 0 Å². The van der Waals surface area contributed by atoms with Crippen molar-refractivity contribution in [3.8, 4) is 0 Å². The van der Waals surface area contributed by atoms with Crippen LogP contribution in [0, 0.1) is 10.1 Å². The number of hydrogen-bond acceptors (Lipinski definition) is 6. The molecule has 0 saturated carbocycles.